The molecule has 2 heterocycles. The average Bonchev–Trinajstić information content (AvgIpc) is 3.03. The first-order valence-electron chi connectivity index (χ1n) is 7.57. The van der Waals surface area contributed by atoms with Crippen molar-refractivity contribution in [3.63, 3.8) is 0 Å². The minimum Gasteiger partial charge on any atom is -0.355 e. The number of fused-ring (bicyclic) bond motifs is 1. The molecule has 4 nitrogen and oxygen atoms in total. The summed E-state index contributed by atoms with van der Waals surface area (Å²) < 4.78 is 14.0. The van der Waals surface area contributed by atoms with Crippen LogP contribution in [0.4, 0.5) is 4.39 Å². The van der Waals surface area contributed by atoms with E-state index in [1.807, 2.05) is 13.0 Å². The number of nitrogens with one attached hydrogen (secondary N) is 1. The molecule has 0 aliphatic heterocycles. The highest BCUT2D eigenvalue weighted by Gasteiger charge is 2.12. The maximum Gasteiger partial charge on any atom is 0.230 e. The van der Waals surface area contributed by atoms with Crippen molar-refractivity contribution in [3.8, 4) is 10.4 Å². The van der Waals surface area contributed by atoms with Crippen LogP contribution in [0.25, 0.3) is 20.7 Å². The summed E-state index contributed by atoms with van der Waals surface area (Å²) in [4.78, 5) is 21.4. The fraction of sp³-hybridized carbons (Fsp3) is 0.235. The smallest absolute Gasteiger partial charge is 0.230 e. The lowest BCUT2D eigenvalue weighted by atomic mass is 10.2. The molecule has 124 valence electrons. The van der Waals surface area contributed by atoms with Crippen molar-refractivity contribution < 1.29 is 9.18 Å². The van der Waals surface area contributed by atoms with E-state index < -0.39 is 0 Å². The first-order valence-corrected chi connectivity index (χ1v) is 9.37. The molecule has 1 amide bonds. The molecule has 0 aliphatic carbocycles. The Morgan fingerprint density at radius 3 is 2.83 bits per heavy atom. The van der Waals surface area contributed by atoms with Gasteiger partial charge in [0.25, 0.3) is 0 Å². The van der Waals surface area contributed by atoms with Crippen LogP contribution < -0.4 is 5.32 Å². The topological polar surface area (TPSA) is 54.9 Å². The summed E-state index contributed by atoms with van der Waals surface area (Å²) in [6.45, 7) is 2.70. The molecule has 3 aromatic rings. The predicted octanol–water partition coefficient (Wildman–Crippen LogP) is 4.12. The summed E-state index contributed by atoms with van der Waals surface area (Å²) in [6, 6.07) is 8.35. The van der Waals surface area contributed by atoms with Gasteiger partial charge in [-0.15, -0.1) is 11.3 Å². The molecule has 0 spiro atoms. The zero-order valence-electron chi connectivity index (χ0n) is 13.1. The van der Waals surface area contributed by atoms with E-state index in [-0.39, 0.29) is 11.7 Å². The third-order valence-corrected chi connectivity index (χ3v) is 5.62. The molecule has 1 N–H and O–H groups in total. The van der Waals surface area contributed by atoms with Gasteiger partial charge in [-0.3, -0.25) is 4.79 Å². The van der Waals surface area contributed by atoms with Crippen molar-refractivity contribution in [1.29, 1.82) is 0 Å². The molecule has 7 heteroatoms. The molecule has 0 aliphatic rings. The van der Waals surface area contributed by atoms with E-state index in [2.05, 4.69) is 15.3 Å². The molecule has 0 saturated carbocycles. The van der Waals surface area contributed by atoms with Crippen molar-refractivity contribution in [1.82, 2.24) is 15.3 Å². The summed E-state index contributed by atoms with van der Waals surface area (Å²) in [5.41, 5.74) is 1.78. The van der Waals surface area contributed by atoms with Gasteiger partial charge in [0.05, 0.1) is 16.0 Å². The second kappa shape index (κ2) is 7.72. The van der Waals surface area contributed by atoms with Crippen LogP contribution in [0.15, 0.2) is 41.7 Å². The zero-order valence-corrected chi connectivity index (χ0v) is 14.7. The minimum atomic E-state index is -0.256. The second-order valence-corrected chi connectivity index (χ2v) is 7.17. The molecule has 0 atom stereocenters. The maximum atomic E-state index is 13.1. The molecule has 24 heavy (non-hydrogen) atoms. The number of thiophene rings is 1. The highest BCUT2D eigenvalue weighted by Crippen LogP contribution is 2.36. The van der Waals surface area contributed by atoms with Gasteiger partial charge in [0, 0.05) is 11.4 Å². The molecule has 0 bridgehead atoms. The molecular weight excluding hydrogens is 345 g/mol. The Bertz CT molecular complexity index is 849. The first-order chi connectivity index (χ1) is 11.7. The Morgan fingerprint density at radius 1 is 1.29 bits per heavy atom. The largest absolute Gasteiger partial charge is 0.355 e. The van der Waals surface area contributed by atoms with E-state index >= 15 is 0 Å². The molecule has 3 rings (SSSR count). The fourth-order valence-electron chi connectivity index (χ4n) is 2.14. The van der Waals surface area contributed by atoms with Gasteiger partial charge in [-0.1, -0.05) is 30.8 Å². The molecule has 0 radical (unpaired) electrons. The van der Waals surface area contributed by atoms with Crippen LogP contribution >= 0.6 is 23.1 Å². The summed E-state index contributed by atoms with van der Waals surface area (Å²) in [7, 11) is 0. The molecule has 1 aromatic carbocycles. The number of benzene rings is 1. The highest BCUT2D eigenvalue weighted by molar-refractivity contribution is 8.00. The van der Waals surface area contributed by atoms with Gasteiger partial charge in [-0.2, -0.15) is 0 Å². The molecule has 0 fully saturated rings. The van der Waals surface area contributed by atoms with Gasteiger partial charge in [-0.05, 0) is 30.2 Å². The monoisotopic (exact) mass is 361 g/mol. The summed E-state index contributed by atoms with van der Waals surface area (Å²) in [5, 5.41) is 3.65. The number of hydrogen-bond acceptors (Lipinski definition) is 5. The number of aromatic nitrogens is 2. The van der Waals surface area contributed by atoms with Gasteiger partial charge in [-0.25, -0.2) is 14.4 Å². The van der Waals surface area contributed by atoms with Gasteiger partial charge in [0.15, 0.2) is 0 Å². The van der Waals surface area contributed by atoms with E-state index in [4.69, 9.17) is 0 Å². The average molecular weight is 361 g/mol. The number of rotatable bonds is 6. The van der Waals surface area contributed by atoms with Crippen LogP contribution in [0, 0.1) is 5.82 Å². The Labute approximate surface area is 147 Å². The highest BCUT2D eigenvalue weighted by atomic mass is 32.2. The van der Waals surface area contributed by atoms with Crippen LogP contribution in [0.1, 0.15) is 13.3 Å². The Hall–Kier alpha value is -1.99. The van der Waals surface area contributed by atoms with E-state index in [0.29, 0.717) is 12.3 Å². The fourth-order valence-corrected chi connectivity index (χ4v) is 4.17. The van der Waals surface area contributed by atoms with Crippen molar-refractivity contribution in [3.05, 3.63) is 42.5 Å². The van der Waals surface area contributed by atoms with Crippen molar-refractivity contribution in [2.45, 2.75) is 18.4 Å². The van der Waals surface area contributed by atoms with Gasteiger partial charge in [0.1, 0.15) is 17.2 Å². The van der Waals surface area contributed by atoms with E-state index in [9.17, 15) is 9.18 Å². The lowest BCUT2D eigenvalue weighted by Gasteiger charge is -2.03. The number of hydrogen-bond donors (Lipinski definition) is 1. The second-order valence-electron chi connectivity index (χ2n) is 5.15. The van der Waals surface area contributed by atoms with Gasteiger partial charge >= 0.3 is 0 Å². The molecule has 0 unspecified atom stereocenters. The van der Waals surface area contributed by atoms with Crippen LogP contribution in [-0.2, 0) is 4.79 Å². The van der Waals surface area contributed by atoms with Gasteiger partial charge in [0.2, 0.25) is 5.91 Å². The van der Waals surface area contributed by atoms with Crippen LogP contribution in [0.3, 0.4) is 0 Å². The summed E-state index contributed by atoms with van der Waals surface area (Å²) in [6.07, 6.45) is 2.43. The first kappa shape index (κ1) is 16.9. The Kier molecular flexibility index (Phi) is 5.42. The standard InChI is InChI=1S/C17H16FN3OS2/c1-2-7-19-15(22)9-23-17-16-13(20-10-21-17)8-14(24-16)11-3-5-12(18)6-4-11/h3-6,8,10H,2,7,9H2,1H3,(H,19,22). The van der Waals surface area contributed by atoms with Crippen molar-refractivity contribution in [2.75, 3.05) is 12.3 Å². The number of thioether (sulfide) groups is 1. The number of carbonyl (C=O) groups is 1. The lowest BCUT2D eigenvalue weighted by molar-refractivity contribution is -0.118. The lowest BCUT2D eigenvalue weighted by Crippen LogP contribution is -2.25. The maximum absolute atomic E-state index is 13.1. The summed E-state index contributed by atoms with van der Waals surface area (Å²) in [5.74, 6) is 0.0773. The number of nitrogens with zero attached hydrogens (tertiary/aromatic N) is 2. The van der Waals surface area contributed by atoms with Gasteiger partial charge < -0.3 is 5.32 Å². The third kappa shape index (κ3) is 3.91. The number of halogens is 1. The van der Waals surface area contributed by atoms with E-state index in [1.54, 1.807) is 23.5 Å². The summed E-state index contributed by atoms with van der Waals surface area (Å²) >= 11 is 2.96. The molecule has 2 aromatic heterocycles. The third-order valence-electron chi connectivity index (χ3n) is 3.32. The number of carbonyl (C=O) groups excluding carboxylic acids is 1. The quantitative estimate of drug-likeness (QED) is 0.530. The van der Waals surface area contributed by atoms with Crippen molar-refractivity contribution in [2.24, 2.45) is 0 Å². The van der Waals surface area contributed by atoms with Crippen LogP contribution in [-0.4, -0.2) is 28.2 Å². The molecular formula is C17H16FN3OS2. The van der Waals surface area contributed by atoms with Crippen LogP contribution in [0.5, 0.6) is 0 Å². The van der Waals surface area contributed by atoms with E-state index in [1.165, 1.54) is 30.2 Å². The van der Waals surface area contributed by atoms with Crippen LogP contribution in [0.2, 0.25) is 0 Å². The number of amides is 1. The Balaban J connectivity index is 1.82. The molecule has 0 saturated heterocycles. The normalized spacial score (nSPS) is 10.9. The SMILES string of the molecule is CCCNC(=O)CSc1ncnc2cc(-c3ccc(F)cc3)sc12. The van der Waals surface area contributed by atoms with Crippen molar-refractivity contribution >= 4 is 39.2 Å². The Morgan fingerprint density at radius 2 is 2.08 bits per heavy atom. The van der Waals surface area contributed by atoms with E-state index in [0.717, 1.165) is 32.1 Å². The predicted molar refractivity (Wildman–Crippen MR) is 96.8 cm³/mol. The minimum absolute atomic E-state index is 0.00364. The zero-order chi connectivity index (χ0) is 16.9.